The maximum Gasteiger partial charge on any atom is 0.411 e. The third-order valence-corrected chi connectivity index (χ3v) is 4.96. The molecular weight excluding hydrogens is 422 g/mol. The summed E-state index contributed by atoms with van der Waals surface area (Å²) in [6, 6.07) is 14.1. The Morgan fingerprint density at radius 1 is 1.23 bits per heavy atom. The monoisotopic (exact) mass is 439 g/mol. The summed E-state index contributed by atoms with van der Waals surface area (Å²) in [6.07, 6.45) is -0.722. The van der Waals surface area contributed by atoms with E-state index in [1.165, 1.54) is 6.92 Å². The van der Waals surface area contributed by atoms with Gasteiger partial charge < -0.3 is 9.84 Å². The summed E-state index contributed by atoms with van der Waals surface area (Å²) >= 11 is 9.56. The molecule has 1 unspecified atom stereocenters. The molecule has 0 saturated heterocycles. The second-order valence-electron chi connectivity index (χ2n) is 5.79. The van der Waals surface area contributed by atoms with Crippen LogP contribution in [0.5, 0.6) is 0 Å². The number of hydrogen-bond acceptors (Lipinski definition) is 3. The SMILES string of the molecule is CCN(C(=O)OCc1ccccc1)C(C)(C(=O)O)c1ccc(Br)cc1Cl. The largest absolute Gasteiger partial charge is 0.479 e. The topological polar surface area (TPSA) is 66.8 Å². The predicted molar refractivity (Wildman–Crippen MR) is 103 cm³/mol. The highest BCUT2D eigenvalue weighted by Crippen LogP contribution is 2.36. The molecule has 0 aromatic heterocycles. The smallest absolute Gasteiger partial charge is 0.411 e. The highest BCUT2D eigenvalue weighted by atomic mass is 79.9. The van der Waals surface area contributed by atoms with Crippen LogP contribution in [0.4, 0.5) is 4.79 Å². The van der Waals surface area contributed by atoms with Crippen molar-refractivity contribution in [2.75, 3.05) is 6.54 Å². The van der Waals surface area contributed by atoms with Crippen molar-refractivity contribution in [1.29, 1.82) is 0 Å². The maximum absolute atomic E-state index is 12.6. The minimum absolute atomic E-state index is 0.0555. The Bertz CT molecular complexity index is 799. The Balaban J connectivity index is 2.33. The van der Waals surface area contributed by atoms with Gasteiger partial charge in [0.2, 0.25) is 0 Å². The van der Waals surface area contributed by atoms with Crippen LogP contribution in [0.15, 0.2) is 53.0 Å². The van der Waals surface area contributed by atoms with Crippen LogP contribution in [0.3, 0.4) is 0 Å². The van der Waals surface area contributed by atoms with Gasteiger partial charge in [-0.05, 0) is 31.5 Å². The van der Waals surface area contributed by atoms with Gasteiger partial charge in [0, 0.05) is 21.6 Å². The van der Waals surface area contributed by atoms with Crippen LogP contribution in [0.25, 0.3) is 0 Å². The van der Waals surface area contributed by atoms with Gasteiger partial charge in [0.1, 0.15) is 6.61 Å². The summed E-state index contributed by atoms with van der Waals surface area (Å²) in [7, 11) is 0. The Kier molecular flexibility index (Phi) is 6.67. The van der Waals surface area contributed by atoms with Crippen LogP contribution >= 0.6 is 27.5 Å². The Morgan fingerprint density at radius 3 is 2.42 bits per heavy atom. The van der Waals surface area contributed by atoms with Crippen LogP contribution in [0.1, 0.15) is 25.0 Å². The van der Waals surface area contributed by atoms with Gasteiger partial charge in [-0.2, -0.15) is 0 Å². The Hall–Kier alpha value is -2.05. The molecule has 0 bridgehead atoms. The predicted octanol–water partition coefficient (Wildman–Crippen LogP) is 5.06. The van der Waals surface area contributed by atoms with Gasteiger partial charge in [-0.1, -0.05) is 63.9 Å². The first kappa shape index (κ1) is 20.3. The molecule has 0 fully saturated rings. The number of amides is 1. The number of likely N-dealkylation sites (N-methyl/N-ethyl adjacent to an activating group) is 1. The van der Waals surface area contributed by atoms with Crippen molar-refractivity contribution in [3.8, 4) is 0 Å². The van der Waals surface area contributed by atoms with Crippen molar-refractivity contribution >= 4 is 39.6 Å². The number of carboxylic acids is 1. The van der Waals surface area contributed by atoms with Crippen molar-refractivity contribution in [3.63, 3.8) is 0 Å². The quantitative estimate of drug-likeness (QED) is 0.682. The molecule has 1 amide bonds. The molecular formula is C19H19BrClNO4. The van der Waals surface area contributed by atoms with Gasteiger partial charge >= 0.3 is 12.1 Å². The van der Waals surface area contributed by atoms with E-state index in [9.17, 15) is 14.7 Å². The molecule has 5 nitrogen and oxygen atoms in total. The number of rotatable bonds is 6. The summed E-state index contributed by atoms with van der Waals surface area (Å²) in [5, 5.41) is 10.1. The van der Waals surface area contributed by atoms with E-state index in [4.69, 9.17) is 16.3 Å². The summed E-state index contributed by atoms with van der Waals surface area (Å²) in [5.41, 5.74) is -0.538. The fourth-order valence-electron chi connectivity index (χ4n) is 2.69. The van der Waals surface area contributed by atoms with E-state index in [1.54, 1.807) is 25.1 Å². The minimum Gasteiger partial charge on any atom is -0.479 e. The summed E-state index contributed by atoms with van der Waals surface area (Å²) < 4.78 is 6.05. The highest BCUT2D eigenvalue weighted by molar-refractivity contribution is 9.10. The number of ether oxygens (including phenoxy) is 1. The van der Waals surface area contributed by atoms with Crippen LogP contribution in [0, 0.1) is 0 Å². The molecule has 138 valence electrons. The van der Waals surface area contributed by atoms with Crippen LogP contribution in [-0.4, -0.2) is 28.6 Å². The van der Waals surface area contributed by atoms with Crippen LogP contribution in [0.2, 0.25) is 5.02 Å². The molecule has 2 aromatic rings. The van der Waals surface area contributed by atoms with Crippen molar-refractivity contribution in [2.45, 2.75) is 26.0 Å². The number of halogens is 2. The standard InChI is InChI=1S/C19H19BrClNO4/c1-3-22(18(25)26-12-13-7-5-4-6-8-13)19(2,17(23)24)15-10-9-14(20)11-16(15)21/h4-11H,3,12H2,1-2H3,(H,23,24). The molecule has 26 heavy (non-hydrogen) atoms. The number of benzene rings is 2. The first-order chi connectivity index (χ1) is 12.3. The third kappa shape index (κ3) is 4.19. The number of hydrogen-bond donors (Lipinski definition) is 1. The highest BCUT2D eigenvalue weighted by Gasteiger charge is 2.45. The summed E-state index contributed by atoms with van der Waals surface area (Å²) in [6.45, 7) is 3.33. The van der Waals surface area contributed by atoms with Crippen LogP contribution in [-0.2, 0) is 21.7 Å². The van der Waals surface area contributed by atoms with E-state index in [0.29, 0.717) is 10.0 Å². The third-order valence-electron chi connectivity index (χ3n) is 4.15. The summed E-state index contributed by atoms with van der Waals surface area (Å²) in [5.74, 6) is -1.19. The fourth-order valence-corrected chi connectivity index (χ4v) is 3.54. The van der Waals surface area contributed by atoms with Crippen molar-refractivity contribution < 1.29 is 19.4 Å². The molecule has 0 aliphatic carbocycles. The molecule has 0 heterocycles. The molecule has 0 aliphatic rings. The zero-order chi connectivity index (χ0) is 19.3. The Labute approximate surface area is 165 Å². The second-order valence-corrected chi connectivity index (χ2v) is 7.11. The zero-order valence-electron chi connectivity index (χ0n) is 14.4. The van der Waals surface area contributed by atoms with Gasteiger partial charge in [-0.15, -0.1) is 0 Å². The zero-order valence-corrected chi connectivity index (χ0v) is 16.8. The van der Waals surface area contributed by atoms with E-state index < -0.39 is 17.6 Å². The fraction of sp³-hybridized carbons (Fsp3) is 0.263. The van der Waals surface area contributed by atoms with Gasteiger partial charge in [0.15, 0.2) is 5.54 Å². The molecule has 0 saturated carbocycles. The van der Waals surface area contributed by atoms with Crippen molar-refractivity contribution in [1.82, 2.24) is 4.90 Å². The molecule has 0 aliphatic heterocycles. The minimum atomic E-state index is -1.67. The molecule has 0 spiro atoms. The number of nitrogens with zero attached hydrogens (tertiary/aromatic N) is 1. The van der Waals surface area contributed by atoms with E-state index >= 15 is 0 Å². The van der Waals surface area contributed by atoms with Gasteiger partial charge in [0.25, 0.3) is 0 Å². The van der Waals surface area contributed by atoms with Gasteiger partial charge in [-0.25, -0.2) is 9.59 Å². The molecule has 7 heteroatoms. The number of carbonyl (C=O) groups excluding carboxylic acids is 1. The number of carbonyl (C=O) groups is 2. The van der Waals surface area contributed by atoms with E-state index in [0.717, 1.165) is 10.5 Å². The lowest BCUT2D eigenvalue weighted by atomic mass is 9.90. The van der Waals surface area contributed by atoms with E-state index in [1.807, 2.05) is 30.3 Å². The molecule has 2 aromatic carbocycles. The summed E-state index contributed by atoms with van der Waals surface area (Å²) in [4.78, 5) is 25.9. The maximum atomic E-state index is 12.6. The van der Waals surface area contributed by atoms with Crippen LogP contribution < -0.4 is 0 Å². The molecule has 1 N–H and O–H groups in total. The average Bonchev–Trinajstić information content (AvgIpc) is 2.61. The molecule has 0 radical (unpaired) electrons. The van der Waals surface area contributed by atoms with E-state index in [-0.39, 0.29) is 18.2 Å². The van der Waals surface area contributed by atoms with Crippen molar-refractivity contribution in [2.24, 2.45) is 0 Å². The van der Waals surface area contributed by atoms with Gasteiger partial charge in [0.05, 0.1) is 0 Å². The lowest BCUT2D eigenvalue weighted by Gasteiger charge is -2.37. The molecule has 1 atom stereocenters. The van der Waals surface area contributed by atoms with Crippen molar-refractivity contribution in [3.05, 3.63) is 69.2 Å². The first-order valence-electron chi connectivity index (χ1n) is 7.98. The lowest BCUT2D eigenvalue weighted by Crippen LogP contribution is -2.53. The Morgan fingerprint density at radius 2 is 1.88 bits per heavy atom. The normalized spacial score (nSPS) is 12.9. The first-order valence-corrected chi connectivity index (χ1v) is 9.15. The number of aliphatic carboxylic acids is 1. The number of carboxylic acid groups (broad SMARTS) is 1. The molecule has 2 rings (SSSR count). The second kappa shape index (κ2) is 8.56. The van der Waals surface area contributed by atoms with E-state index in [2.05, 4.69) is 15.9 Å². The average molecular weight is 441 g/mol. The van der Waals surface area contributed by atoms with Gasteiger partial charge in [-0.3, -0.25) is 4.90 Å². The lowest BCUT2D eigenvalue weighted by molar-refractivity contribution is -0.150.